The quantitative estimate of drug-likeness (QED) is 0.732. The van der Waals surface area contributed by atoms with Crippen molar-refractivity contribution in [2.45, 2.75) is 44.4 Å². The number of rotatable bonds is 6. The molecule has 1 aliphatic carbocycles. The monoisotopic (exact) mass is 414 g/mol. The Labute approximate surface area is 169 Å². The van der Waals surface area contributed by atoms with Gasteiger partial charge in [-0.3, -0.25) is 10.00 Å². The fourth-order valence-electron chi connectivity index (χ4n) is 3.70. The van der Waals surface area contributed by atoms with E-state index in [1.807, 2.05) is 0 Å². The van der Waals surface area contributed by atoms with Crippen molar-refractivity contribution in [3.8, 4) is 11.3 Å². The molecule has 1 aromatic carbocycles. The molecule has 4 rings (SSSR count). The number of nitrogens with zero attached hydrogens (tertiary/aromatic N) is 2. The number of piperidine rings is 1. The normalized spacial score (nSPS) is 18.8. The number of benzene rings is 1. The van der Waals surface area contributed by atoms with E-state index >= 15 is 0 Å². The molecule has 0 amide bonds. The van der Waals surface area contributed by atoms with Crippen LogP contribution in [0.4, 0.5) is 13.2 Å². The number of aromatic amines is 1. The molecule has 2 aliphatic rings. The number of hydrogen-bond acceptors (Lipinski definition) is 3. The molecule has 0 atom stereocenters. The molecule has 0 spiro atoms. The Kier molecular flexibility index (Phi) is 6.68. The van der Waals surface area contributed by atoms with Crippen LogP contribution in [0.3, 0.4) is 0 Å². The third kappa shape index (κ3) is 5.27. The lowest BCUT2D eigenvalue weighted by atomic mass is 10.0. The van der Waals surface area contributed by atoms with Crippen LogP contribution < -0.4 is 5.32 Å². The molecule has 1 aliphatic heterocycles. The molecule has 0 radical (unpaired) electrons. The second kappa shape index (κ2) is 8.84. The summed E-state index contributed by atoms with van der Waals surface area (Å²) in [4.78, 5) is 2.40. The maximum absolute atomic E-state index is 12.8. The zero-order chi connectivity index (χ0) is 18.9. The van der Waals surface area contributed by atoms with Gasteiger partial charge in [0.05, 0.1) is 17.5 Å². The number of halogens is 4. The largest absolute Gasteiger partial charge is 0.416 e. The van der Waals surface area contributed by atoms with E-state index in [-0.39, 0.29) is 12.4 Å². The lowest BCUT2D eigenvalue weighted by molar-refractivity contribution is -0.137. The van der Waals surface area contributed by atoms with Crippen LogP contribution in [0.2, 0.25) is 0 Å². The third-order valence-corrected chi connectivity index (χ3v) is 5.59. The van der Waals surface area contributed by atoms with E-state index in [0.29, 0.717) is 6.04 Å². The van der Waals surface area contributed by atoms with Gasteiger partial charge >= 0.3 is 6.18 Å². The fourth-order valence-corrected chi connectivity index (χ4v) is 3.70. The van der Waals surface area contributed by atoms with Crippen molar-refractivity contribution in [1.29, 1.82) is 0 Å². The van der Waals surface area contributed by atoms with E-state index < -0.39 is 11.7 Å². The Bertz CT molecular complexity index is 748. The summed E-state index contributed by atoms with van der Waals surface area (Å²) in [5.74, 6) is 0.903. The standard InChI is InChI=1S/C20H25F3N4.ClH/c21-20(22,23)17-5-3-15(4-6-17)19-16(12-25-26-19)13-27-9-7-18(8-10-27)24-11-14-1-2-14;/h3-6,12,14,18,24H,1-2,7-11,13H2,(H,25,26);1H. The van der Waals surface area contributed by atoms with Gasteiger partial charge < -0.3 is 5.32 Å². The van der Waals surface area contributed by atoms with Crippen molar-refractivity contribution in [2.24, 2.45) is 5.92 Å². The molecule has 28 heavy (non-hydrogen) atoms. The van der Waals surface area contributed by atoms with Gasteiger partial charge in [0.25, 0.3) is 0 Å². The molecule has 0 unspecified atom stereocenters. The molecule has 8 heteroatoms. The number of H-pyrrole nitrogens is 1. The van der Waals surface area contributed by atoms with Crippen LogP contribution in [-0.4, -0.2) is 40.8 Å². The molecule has 2 N–H and O–H groups in total. The highest BCUT2D eigenvalue weighted by atomic mass is 35.5. The maximum atomic E-state index is 12.8. The number of alkyl halides is 3. The first-order valence-electron chi connectivity index (χ1n) is 9.64. The first kappa shape index (κ1) is 21.1. The van der Waals surface area contributed by atoms with Crippen LogP contribution in [0.15, 0.2) is 30.5 Å². The Balaban J connectivity index is 0.00000225. The lowest BCUT2D eigenvalue weighted by Gasteiger charge is -2.32. The number of nitrogens with one attached hydrogen (secondary N) is 2. The molecule has 154 valence electrons. The Morgan fingerprint density at radius 3 is 2.36 bits per heavy atom. The minimum atomic E-state index is -4.31. The molecule has 1 saturated heterocycles. The van der Waals surface area contributed by atoms with Gasteiger partial charge in [-0.05, 0) is 68.9 Å². The van der Waals surface area contributed by atoms with Crippen LogP contribution in [0.5, 0.6) is 0 Å². The Hall–Kier alpha value is -1.57. The maximum Gasteiger partial charge on any atom is 0.416 e. The SMILES string of the molecule is Cl.FC(F)(F)c1ccc(-c2[nH]ncc2CN2CCC(NCC3CC3)CC2)cc1. The highest BCUT2D eigenvalue weighted by molar-refractivity contribution is 5.85. The highest BCUT2D eigenvalue weighted by Crippen LogP contribution is 2.32. The first-order chi connectivity index (χ1) is 13.0. The topological polar surface area (TPSA) is 44.0 Å². The second-order valence-corrected chi connectivity index (χ2v) is 7.75. The number of likely N-dealkylation sites (tertiary alicyclic amines) is 1. The predicted octanol–water partition coefficient (Wildman–Crippen LogP) is 4.48. The van der Waals surface area contributed by atoms with Crippen molar-refractivity contribution < 1.29 is 13.2 Å². The Morgan fingerprint density at radius 2 is 1.75 bits per heavy atom. The zero-order valence-electron chi connectivity index (χ0n) is 15.6. The minimum absolute atomic E-state index is 0. The van der Waals surface area contributed by atoms with Crippen molar-refractivity contribution in [3.63, 3.8) is 0 Å². The van der Waals surface area contributed by atoms with Crippen molar-refractivity contribution >= 4 is 12.4 Å². The molecule has 2 heterocycles. The lowest BCUT2D eigenvalue weighted by Crippen LogP contribution is -2.42. The second-order valence-electron chi connectivity index (χ2n) is 7.75. The van der Waals surface area contributed by atoms with Crippen LogP contribution in [0.25, 0.3) is 11.3 Å². The van der Waals surface area contributed by atoms with Crippen LogP contribution in [0.1, 0.15) is 36.8 Å². The molecular weight excluding hydrogens is 389 g/mol. The van der Waals surface area contributed by atoms with Gasteiger partial charge in [0.2, 0.25) is 0 Å². The minimum Gasteiger partial charge on any atom is -0.314 e. The van der Waals surface area contributed by atoms with Crippen molar-refractivity contribution in [2.75, 3.05) is 19.6 Å². The van der Waals surface area contributed by atoms with Gasteiger partial charge in [-0.25, -0.2) is 0 Å². The van der Waals surface area contributed by atoms with E-state index in [1.54, 1.807) is 6.20 Å². The van der Waals surface area contributed by atoms with Gasteiger partial charge in [-0.15, -0.1) is 12.4 Å². The molecule has 1 saturated carbocycles. The molecule has 1 aromatic heterocycles. The summed E-state index contributed by atoms with van der Waals surface area (Å²) in [5, 5.41) is 10.7. The summed E-state index contributed by atoms with van der Waals surface area (Å²) in [6.45, 7) is 3.98. The van der Waals surface area contributed by atoms with E-state index in [0.717, 1.165) is 73.9 Å². The van der Waals surface area contributed by atoms with E-state index in [1.165, 1.54) is 25.0 Å². The summed E-state index contributed by atoms with van der Waals surface area (Å²) in [6.07, 6.45) is 2.50. The van der Waals surface area contributed by atoms with E-state index in [4.69, 9.17) is 0 Å². The van der Waals surface area contributed by atoms with Gasteiger partial charge in [-0.1, -0.05) is 12.1 Å². The fraction of sp³-hybridized carbons (Fsp3) is 0.550. The van der Waals surface area contributed by atoms with Crippen molar-refractivity contribution in [1.82, 2.24) is 20.4 Å². The summed E-state index contributed by atoms with van der Waals surface area (Å²) < 4.78 is 38.3. The summed E-state index contributed by atoms with van der Waals surface area (Å²) in [6, 6.07) is 5.87. The zero-order valence-corrected chi connectivity index (χ0v) is 16.5. The number of hydrogen-bond donors (Lipinski definition) is 2. The van der Waals surface area contributed by atoms with Crippen LogP contribution >= 0.6 is 12.4 Å². The van der Waals surface area contributed by atoms with Gasteiger partial charge in [0, 0.05) is 18.2 Å². The van der Waals surface area contributed by atoms with E-state index in [2.05, 4.69) is 20.4 Å². The predicted molar refractivity (Wildman–Crippen MR) is 105 cm³/mol. The van der Waals surface area contributed by atoms with Gasteiger partial charge in [0.15, 0.2) is 0 Å². The number of aromatic nitrogens is 2. The average Bonchev–Trinajstić information content (AvgIpc) is 3.38. The summed E-state index contributed by atoms with van der Waals surface area (Å²) in [7, 11) is 0. The highest BCUT2D eigenvalue weighted by Gasteiger charge is 2.30. The third-order valence-electron chi connectivity index (χ3n) is 5.59. The van der Waals surface area contributed by atoms with Crippen LogP contribution in [0, 0.1) is 5.92 Å². The summed E-state index contributed by atoms with van der Waals surface area (Å²) in [5.41, 5.74) is 1.93. The van der Waals surface area contributed by atoms with Gasteiger partial charge in [-0.2, -0.15) is 18.3 Å². The van der Waals surface area contributed by atoms with Gasteiger partial charge in [0.1, 0.15) is 0 Å². The molecular formula is C20H26ClF3N4. The molecule has 4 nitrogen and oxygen atoms in total. The molecule has 0 bridgehead atoms. The first-order valence-corrected chi connectivity index (χ1v) is 9.64. The smallest absolute Gasteiger partial charge is 0.314 e. The molecule has 2 aromatic rings. The van der Waals surface area contributed by atoms with E-state index in [9.17, 15) is 13.2 Å². The molecule has 2 fully saturated rings. The summed E-state index contributed by atoms with van der Waals surface area (Å²) >= 11 is 0. The van der Waals surface area contributed by atoms with Crippen molar-refractivity contribution in [3.05, 3.63) is 41.6 Å². The van der Waals surface area contributed by atoms with Crippen LogP contribution in [-0.2, 0) is 12.7 Å². The average molecular weight is 415 g/mol. The Morgan fingerprint density at radius 1 is 1.07 bits per heavy atom.